The molecule has 5 nitrogen and oxygen atoms in total. The predicted octanol–water partition coefficient (Wildman–Crippen LogP) is 3.10. The standard InChI is InChI=1S/C22H28N2O3/c1-26-16-5-4-15-17(18(16)27-2)24(14-25)21-9-7-20(8-10-21)6-3-12-23-13-11-22(15,21)19(20)23/h4-5,14,19H,3,6-13H2,1-2H3/t19-,20?,21?,22+/m1/s1. The Hall–Kier alpha value is -1.75. The molecule has 2 saturated heterocycles. The zero-order valence-electron chi connectivity index (χ0n) is 16.3. The molecule has 0 aromatic heterocycles. The van der Waals surface area contributed by atoms with E-state index in [2.05, 4.69) is 21.9 Å². The van der Waals surface area contributed by atoms with Crippen molar-refractivity contribution in [2.24, 2.45) is 5.41 Å². The van der Waals surface area contributed by atoms with Crippen LogP contribution in [0.3, 0.4) is 0 Å². The van der Waals surface area contributed by atoms with Gasteiger partial charge in [-0.05, 0) is 75.1 Å². The third kappa shape index (κ3) is 1.51. The van der Waals surface area contributed by atoms with Crippen LogP contribution >= 0.6 is 0 Å². The van der Waals surface area contributed by atoms with Gasteiger partial charge in [-0.3, -0.25) is 9.69 Å². The first-order chi connectivity index (χ1) is 13.2. The molecular formula is C22H28N2O3. The van der Waals surface area contributed by atoms with Crippen LogP contribution in [0, 0.1) is 5.41 Å². The SMILES string of the molecule is COc1ccc2c(c1OC)N(C=O)C13CCC4(CCCN5CC[C@@]21[C@H]54)CC3. The van der Waals surface area contributed by atoms with Gasteiger partial charge in [-0.2, -0.15) is 0 Å². The highest BCUT2D eigenvalue weighted by molar-refractivity contribution is 5.91. The molecule has 27 heavy (non-hydrogen) atoms. The zero-order chi connectivity index (χ0) is 18.4. The number of ether oxygens (including phenoxy) is 2. The molecule has 1 aromatic rings. The van der Waals surface area contributed by atoms with E-state index in [1.165, 1.54) is 37.8 Å². The first-order valence-electron chi connectivity index (χ1n) is 10.4. The van der Waals surface area contributed by atoms with Gasteiger partial charge in [-0.15, -0.1) is 0 Å². The van der Waals surface area contributed by atoms with E-state index in [1.807, 2.05) is 0 Å². The summed E-state index contributed by atoms with van der Waals surface area (Å²) < 4.78 is 11.4. The zero-order valence-corrected chi connectivity index (χ0v) is 16.3. The molecule has 0 radical (unpaired) electrons. The number of hydrogen-bond donors (Lipinski definition) is 0. The highest BCUT2D eigenvalue weighted by atomic mass is 16.5. The van der Waals surface area contributed by atoms with Crippen LogP contribution in [0.15, 0.2) is 12.1 Å². The molecule has 1 amide bonds. The van der Waals surface area contributed by atoms with Crippen LogP contribution in [0.5, 0.6) is 11.5 Å². The number of anilines is 1. The summed E-state index contributed by atoms with van der Waals surface area (Å²) in [6, 6.07) is 4.87. The molecule has 5 heteroatoms. The van der Waals surface area contributed by atoms with Gasteiger partial charge in [0.25, 0.3) is 0 Å². The highest BCUT2D eigenvalue weighted by Crippen LogP contribution is 2.75. The molecule has 3 spiro atoms. The quantitative estimate of drug-likeness (QED) is 0.769. The van der Waals surface area contributed by atoms with Gasteiger partial charge in [0.15, 0.2) is 11.5 Å². The number of hydrogen-bond acceptors (Lipinski definition) is 4. The summed E-state index contributed by atoms with van der Waals surface area (Å²) in [5, 5.41) is 0. The first kappa shape index (κ1) is 16.2. The summed E-state index contributed by atoms with van der Waals surface area (Å²) in [5.74, 6) is 1.45. The van der Waals surface area contributed by atoms with Crippen molar-refractivity contribution in [3.8, 4) is 11.5 Å². The number of fused-ring (bicyclic) bond motifs is 3. The molecule has 6 aliphatic rings. The third-order valence-electron chi connectivity index (χ3n) is 9.04. The summed E-state index contributed by atoms with van der Waals surface area (Å²) >= 11 is 0. The van der Waals surface area contributed by atoms with Gasteiger partial charge < -0.3 is 14.4 Å². The Kier molecular flexibility index (Phi) is 3.00. The molecule has 2 atom stereocenters. The topological polar surface area (TPSA) is 42.0 Å². The van der Waals surface area contributed by atoms with Gasteiger partial charge in [0, 0.05) is 11.5 Å². The van der Waals surface area contributed by atoms with E-state index >= 15 is 0 Å². The Bertz CT molecular complexity index is 829. The van der Waals surface area contributed by atoms with Crippen LogP contribution in [0.2, 0.25) is 0 Å². The molecule has 3 saturated carbocycles. The molecule has 2 bridgehead atoms. The van der Waals surface area contributed by atoms with E-state index in [4.69, 9.17) is 9.47 Å². The minimum Gasteiger partial charge on any atom is -0.493 e. The molecule has 3 aliphatic heterocycles. The molecule has 0 N–H and O–H groups in total. The fraction of sp³-hybridized carbons (Fsp3) is 0.682. The Balaban J connectivity index is 1.68. The van der Waals surface area contributed by atoms with Crippen LogP contribution in [0.1, 0.15) is 50.5 Å². The van der Waals surface area contributed by atoms with Gasteiger partial charge in [-0.1, -0.05) is 6.07 Å². The van der Waals surface area contributed by atoms with Gasteiger partial charge >= 0.3 is 0 Å². The average molecular weight is 368 g/mol. The van der Waals surface area contributed by atoms with Crippen molar-refractivity contribution in [2.45, 2.75) is 61.9 Å². The number of rotatable bonds is 3. The number of benzene rings is 1. The lowest BCUT2D eigenvalue weighted by Gasteiger charge is -2.68. The van der Waals surface area contributed by atoms with E-state index in [9.17, 15) is 4.79 Å². The maximum atomic E-state index is 12.5. The predicted molar refractivity (Wildman–Crippen MR) is 103 cm³/mol. The number of carbonyl (C=O) groups is 1. The van der Waals surface area contributed by atoms with Crippen LogP contribution in [0.25, 0.3) is 0 Å². The van der Waals surface area contributed by atoms with Crippen molar-refractivity contribution < 1.29 is 14.3 Å². The molecule has 3 heterocycles. The van der Waals surface area contributed by atoms with E-state index in [-0.39, 0.29) is 11.0 Å². The van der Waals surface area contributed by atoms with E-state index in [0.29, 0.717) is 11.5 Å². The lowest BCUT2D eigenvalue weighted by atomic mass is 9.41. The molecule has 5 fully saturated rings. The highest BCUT2D eigenvalue weighted by Gasteiger charge is 2.77. The van der Waals surface area contributed by atoms with Crippen molar-refractivity contribution in [3.05, 3.63) is 17.7 Å². The van der Waals surface area contributed by atoms with Crippen LogP contribution < -0.4 is 14.4 Å². The number of piperidine rings is 1. The third-order valence-corrected chi connectivity index (χ3v) is 9.04. The number of nitrogens with zero attached hydrogens (tertiary/aromatic N) is 2. The van der Waals surface area contributed by atoms with Crippen LogP contribution in [-0.2, 0) is 10.2 Å². The lowest BCUT2D eigenvalue weighted by Crippen LogP contribution is -2.74. The number of carbonyl (C=O) groups excluding carboxylic acids is 1. The van der Waals surface area contributed by atoms with Gasteiger partial charge in [0.05, 0.1) is 25.4 Å². The lowest BCUT2D eigenvalue weighted by molar-refractivity contribution is -0.121. The monoisotopic (exact) mass is 368 g/mol. The summed E-state index contributed by atoms with van der Waals surface area (Å²) in [5.41, 5.74) is 2.73. The fourth-order valence-corrected chi connectivity index (χ4v) is 8.30. The second-order valence-corrected chi connectivity index (χ2v) is 9.33. The second kappa shape index (κ2) is 4.99. The maximum Gasteiger partial charge on any atom is 0.214 e. The Morgan fingerprint density at radius 3 is 2.56 bits per heavy atom. The molecular weight excluding hydrogens is 340 g/mol. The minimum atomic E-state index is -0.0881. The molecule has 7 rings (SSSR count). The minimum absolute atomic E-state index is 0.0553. The Morgan fingerprint density at radius 1 is 1.04 bits per heavy atom. The van der Waals surface area contributed by atoms with Crippen molar-refractivity contribution in [3.63, 3.8) is 0 Å². The van der Waals surface area contributed by atoms with Gasteiger partial charge in [-0.25, -0.2) is 0 Å². The van der Waals surface area contributed by atoms with Crippen molar-refractivity contribution in [1.29, 1.82) is 0 Å². The number of methoxy groups -OCH3 is 2. The normalized spacial score (nSPS) is 41.1. The molecule has 144 valence electrons. The van der Waals surface area contributed by atoms with Crippen molar-refractivity contribution >= 4 is 12.1 Å². The number of amides is 1. The summed E-state index contributed by atoms with van der Waals surface area (Å²) in [7, 11) is 3.37. The summed E-state index contributed by atoms with van der Waals surface area (Å²) in [6.45, 7) is 2.38. The van der Waals surface area contributed by atoms with E-state index in [1.54, 1.807) is 14.2 Å². The second-order valence-electron chi connectivity index (χ2n) is 9.33. The fourth-order valence-electron chi connectivity index (χ4n) is 8.30. The molecule has 1 aromatic carbocycles. The van der Waals surface area contributed by atoms with Crippen LogP contribution in [-0.4, -0.2) is 50.2 Å². The van der Waals surface area contributed by atoms with Gasteiger partial charge in [0.1, 0.15) is 0 Å². The summed E-state index contributed by atoms with van der Waals surface area (Å²) in [4.78, 5) is 17.4. The smallest absolute Gasteiger partial charge is 0.214 e. The maximum absolute atomic E-state index is 12.5. The van der Waals surface area contributed by atoms with E-state index < -0.39 is 0 Å². The Labute approximate surface area is 160 Å². The van der Waals surface area contributed by atoms with Crippen molar-refractivity contribution in [1.82, 2.24) is 4.90 Å². The van der Waals surface area contributed by atoms with Gasteiger partial charge in [0.2, 0.25) is 6.41 Å². The first-order valence-corrected chi connectivity index (χ1v) is 10.4. The molecule has 3 aliphatic carbocycles. The average Bonchev–Trinajstić information content (AvgIpc) is 3.23. The largest absolute Gasteiger partial charge is 0.493 e. The summed E-state index contributed by atoms with van der Waals surface area (Å²) in [6.07, 6.45) is 9.69. The Morgan fingerprint density at radius 2 is 1.85 bits per heavy atom. The van der Waals surface area contributed by atoms with Crippen molar-refractivity contribution in [2.75, 3.05) is 32.2 Å². The molecule has 0 unspecified atom stereocenters. The van der Waals surface area contributed by atoms with E-state index in [0.717, 1.165) is 49.4 Å². The van der Waals surface area contributed by atoms with Crippen LogP contribution in [0.4, 0.5) is 5.69 Å².